The van der Waals surface area contributed by atoms with Crippen LogP contribution in [0.4, 0.5) is 0 Å². The Kier molecular flexibility index (Phi) is 7.18. The van der Waals surface area contributed by atoms with Crippen molar-refractivity contribution in [3.05, 3.63) is 35.9 Å². The van der Waals surface area contributed by atoms with Crippen molar-refractivity contribution in [1.29, 1.82) is 0 Å². The molecular formula is C12H16ClNO3. The first-order valence-corrected chi connectivity index (χ1v) is 5.15. The van der Waals surface area contributed by atoms with Gasteiger partial charge in [0.25, 0.3) is 0 Å². The third kappa shape index (κ3) is 4.97. The van der Waals surface area contributed by atoms with Crippen LogP contribution in [0, 0.1) is 0 Å². The normalized spacial score (nSPS) is 11.2. The van der Waals surface area contributed by atoms with E-state index in [-0.39, 0.29) is 31.2 Å². The van der Waals surface area contributed by atoms with Crippen molar-refractivity contribution in [3.8, 4) is 0 Å². The summed E-state index contributed by atoms with van der Waals surface area (Å²) in [5.74, 6) is -0.687. The van der Waals surface area contributed by atoms with Crippen molar-refractivity contribution < 1.29 is 14.3 Å². The lowest BCUT2D eigenvalue weighted by Gasteiger charge is -2.09. The van der Waals surface area contributed by atoms with E-state index in [0.717, 1.165) is 0 Å². The summed E-state index contributed by atoms with van der Waals surface area (Å²) < 4.78 is 4.72. The molecule has 17 heavy (non-hydrogen) atoms. The summed E-state index contributed by atoms with van der Waals surface area (Å²) in [4.78, 5) is 22.9. The van der Waals surface area contributed by atoms with E-state index in [4.69, 9.17) is 10.5 Å². The molecule has 0 saturated heterocycles. The second-order valence-corrected chi connectivity index (χ2v) is 3.35. The van der Waals surface area contributed by atoms with E-state index in [1.165, 1.54) is 0 Å². The highest BCUT2D eigenvalue weighted by molar-refractivity contribution is 5.98. The average molecular weight is 258 g/mol. The van der Waals surface area contributed by atoms with Crippen molar-refractivity contribution in [2.24, 2.45) is 5.73 Å². The molecule has 0 radical (unpaired) electrons. The van der Waals surface area contributed by atoms with Crippen molar-refractivity contribution in [2.75, 3.05) is 6.61 Å². The van der Waals surface area contributed by atoms with Crippen LogP contribution >= 0.6 is 12.4 Å². The molecular weight excluding hydrogens is 242 g/mol. The van der Waals surface area contributed by atoms with Crippen molar-refractivity contribution in [2.45, 2.75) is 19.4 Å². The first-order chi connectivity index (χ1) is 7.65. The number of nitrogens with two attached hydrogens (primary N) is 1. The Hall–Kier alpha value is -1.39. The number of ether oxygens (including phenoxy) is 1. The molecule has 0 aliphatic heterocycles. The van der Waals surface area contributed by atoms with Gasteiger partial charge in [-0.15, -0.1) is 12.4 Å². The highest BCUT2D eigenvalue weighted by Gasteiger charge is 2.19. The van der Waals surface area contributed by atoms with Crippen molar-refractivity contribution in [3.63, 3.8) is 0 Å². The van der Waals surface area contributed by atoms with Gasteiger partial charge in [-0.05, 0) is 6.92 Å². The number of carbonyl (C=O) groups excluding carboxylic acids is 2. The third-order valence-corrected chi connectivity index (χ3v) is 2.09. The minimum atomic E-state index is -0.882. The predicted octanol–water partition coefficient (Wildman–Crippen LogP) is 1.57. The topological polar surface area (TPSA) is 69.4 Å². The minimum absolute atomic E-state index is 0. The Balaban J connectivity index is 0.00000256. The molecule has 5 heteroatoms. The van der Waals surface area contributed by atoms with Crippen LogP contribution in [0.1, 0.15) is 23.7 Å². The lowest BCUT2D eigenvalue weighted by molar-refractivity contribution is -0.144. The van der Waals surface area contributed by atoms with Gasteiger partial charge in [-0.2, -0.15) is 0 Å². The molecule has 1 atom stereocenters. The predicted molar refractivity (Wildman–Crippen MR) is 67.2 cm³/mol. The van der Waals surface area contributed by atoms with Gasteiger partial charge in [0, 0.05) is 12.0 Å². The summed E-state index contributed by atoms with van der Waals surface area (Å²) in [5, 5.41) is 0. The molecule has 2 N–H and O–H groups in total. The van der Waals surface area contributed by atoms with Crippen LogP contribution in [0.25, 0.3) is 0 Å². The number of carbonyl (C=O) groups is 2. The zero-order chi connectivity index (χ0) is 12.0. The fraction of sp³-hybridized carbons (Fsp3) is 0.333. The van der Waals surface area contributed by atoms with Crippen LogP contribution in [0.3, 0.4) is 0 Å². The van der Waals surface area contributed by atoms with E-state index in [2.05, 4.69) is 0 Å². The molecule has 1 aromatic rings. The van der Waals surface area contributed by atoms with Gasteiger partial charge in [0.2, 0.25) is 0 Å². The van der Waals surface area contributed by atoms with Crippen LogP contribution in [0.2, 0.25) is 0 Å². The van der Waals surface area contributed by atoms with Gasteiger partial charge in [0.1, 0.15) is 6.04 Å². The van der Waals surface area contributed by atoms with Gasteiger partial charge in [0.15, 0.2) is 5.78 Å². The second kappa shape index (κ2) is 7.81. The van der Waals surface area contributed by atoms with Crippen molar-refractivity contribution in [1.82, 2.24) is 0 Å². The van der Waals surface area contributed by atoms with Gasteiger partial charge in [-0.1, -0.05) is 30.3 Å². The molecule has 1 aromatic carbocycles. The lowest BCUT2D eigenvalue weighted by atomic mass is 10.0. The summed E-state index contributed by atoms with van der Waals surface area (Å²) >= 11 is 0. The zero-order valence-electron chi connectivity index (χ0n) is 9.59. The first-order valence-electron chi connectivity index (χ1n) is 5.15. The van der Waals surface area contributed by atoms with Crippen LogP contribution in [0.5, 0.6) is 0 Å². The standard InChI is InChI=1S/C12H15NO3.ClH/c1-2-16-12(15)10(13)8-11(14)9-6-4-3-5-7-9;/h3-7,10H,2,8,13H2,1H3;1H/t10-;/m0./s1. The van der Waals surface area contributed by atoms with E-state index < -0.39 is 12.0 Å². The Morgan fingerprint density at radius 3 is 2.41 bits per heavy atom. The quantitative estimate of drug-likeness (QED) is 0.642. The summed E-state index contributed by atoms with van der Waals surface area (Å²) in [6, 6.07) is 7.86. The highest BCUT2D eigenvalue weighted by atomic mass is 35.5. The summed E-state index contributed by atoms with van der Waals surface area (Å²) in [6.07, 6.45) is -0.0250. The van der Waals surface area contributed by atoms with E-state index in [1.807, 2.05) is 6.07 Å². The van der Waals surface area contributed by atoms with E-state index >= 15 is 0 Å². The molecule has 0 aliphatic rings. The van der Waals surface area contributed by atoms with Gasteiger partial charge in [-0.25, -0.2) is 0 Å². The monoisotopic (exact) mass is 257 g/mol. The Morgan fingerprint density at radius 2 is 1.88 bits per heavy atom. The molecule has 4 nitrogen and oxygen atoms in total. The number of esters is 1. The minimum Gasteiger partial charge on any atom is -0.465 e. The van der Waals surface area contributed by atoms with E-state index in [1.54, 1.807) is 31.2 Å². The number of Topliss-reactive ketones (excluding diaryl/α,β-unsaturated/α-hetero) is 1. The number of rotatable bonds is 5. The fourth-order valence-corrected chi connectivity index (χ4v) is 1.27. The van der Waals surface area contributed by atoms with Crippen LogP contribution in [0.15, 0.2) is 30.3 Å². The first kappa shape index (κ1) is 15.6. The fourth-order valence-electron chi connectivity index (χ4n) is 1.27. The molecule has 0 heterocycles. The Bertz CT molecular complexity index is 367. The van der Waals surface area contributed by atoms with Gasteiger partial charge in [0.05, 0.1) is 6.61 Å². The Labute approximate surface area is 107 Å². The summed E-state index contributed by atoms with van der Waals surface area (Å²) in [6.45, 7) is 1.97. The molecule has 0 saturated carbocycles. The van der Waals surface area contributed by atoms with Crippen LogP contribution in [-0.4, -0.2) is 24.4 Å². The Morgan fingerprint density at radius 1 is 1.29 bits per heavy atom. The third-order valence-electron chi connectivity index (χ3n) is 2.09. The molecule has 0 aromatic heterocycles. The lowest BCUT2D eigenvalue weighted by Crippen LogP contribution is -2.34. The van der Waals surface area contributed by atoms with Gasteiger partial charge in [-0.3, -0.25) is 9.59 Å². The second-order valence-electron chi connectivity index (χ2n) is 3.35. The maximum Gasteiger partial charge on any atom is 0.323 e. The molecule has 0 amide bonds. The van der Waals surface area contributed by atoms with Crippen molar-refractivity contribution >= 4 is 24.2 Å². The zero-order valence-corrected chi connectivity index (χ0v) is 10.4. The average Bonchev–Trinajstić information content (AvgIpc) is 2.30. The van der Waals surface area contributed by atoms with E-state index in [0.29, 0.717) is 5.56 Å². The molecule has 1 rings (SSSR count). The number of ketones is 1. The van der Waals surface area contributed by atoms with Crippen LogP contribution < -0.4 is 5.73 Å². The van der Waals surface area contributed by atoms with Crippen LogP contribution in [-0.2, 0) is 9.53 Å². The maximum absolute atomic E-state index is 11.7. The maximum atomic E-state index is 11.7. The molecule has 0 aliphatic carbocycles. The van der Waals surface area contributed by atoms with Gasteiger partial charge < -0.3 is 10.5 Å². The molecule has 0 bridgehead atoms. The number of hydrogen-bond acceptors (Lipinski definition) is 4. The number of hydrogen-bond donors (Lipinski definition) is 1. The largest absolute Gasteiger partial charge is 0.465 e. The highest BCUT2D eigenvalue weighted by Crippen LogP contribution is 2.05. The van der Waals surface area contributed by atoms with E-state index in [9.17, 15) is 9.59 Å². The molecule has 94 valence electrons. The number of benzene rings is 1. The van der Waals surface area contributed by atoms with Gasteiger partial charge >= 0.3 is 5.97 Å². The summed E-state index contributed by atoms with van der Waals surface area (Å²) in [7, 11) is 0. The smallest absolute Gasteiger partial charge is 0.323 e. The number of halogens is 1. The SMILES string of the molecule is CCOC(=O)[C@@H](N)CC(=O)c1ccccc1.Cl. The molecule has 0 unspecified atom stereocenters. The summed E-state index contributed by atoms with van der Waals surface area (Å²) in [5.41, 5.74) is 6.10. The molecule has 0 fully saturated rings. The molecule has 0 spiro atoms.